The average molecular weight is 333 g/mol. The van der Waals surface area contributed by atoms with Crippen molar-refractivity contribution in [2.24, 2.45) is 0 Å². The van der Waals surface area contributed by atoms with Gasteiger partial charge in [-0.3, -0.25) is 0 Å². The van der Waals surface area contributed by atoms with Crippen LogP contribution >= 0.6 is 11.3 Å². The maximum absolute atomic E-state index is 13.1. The Kier molecular flexibility index (Phi) is 4.74. The highest BCUT2D eigenvalue weighted by Gasteiger charge is 2.44. The molecule has 0 aliphatic rings. The average Bonchev–Trinajstić information content (AvgIpc) is 3.07. The molecule has 22 heavy (non-hydrogen) atoms. The van der Waals surface area contributed by atoms with Crippen LogP contribution in [0.3, 0.4) is 0 Å². The Labute approximate surface area is 128 Å². The molecule has 0 saturated carbocycles. The summed E-state index contributed by atoms with van der Waals surface area (Å²) < 4.78 is 44.4. The Balaban J connectivity index is 2.06. The maximum atomic E-state index is 13.1. The van der Waals surface area contributed by atoms with Crippen LogP contribution in [-0.4, -0.2) is 29.1 Å². The molecule has 0 radical (unpaired) electrons. The molecule has 2 aromatic heterocycles. The predicted molar refractivity (Wildman–Crippen MR) is 74.4 cm³/mol. The Morgan fingerprint density at radius 1 is 1.55 bits per heavy atom. The molecule has 2 aromatic rings. The number of halogens is 3. The van der Waals surface area contributed by atoms with E-state index in [1.807, 2.05) is 5.32 Å². The van der Waals surface area contributed by atoms with E-state index in [1.54, 1.807) is 13.0 Å². The van der Waals surface area contributed by atoms with Gasteiger partial charge in [0, 0.05) is 18.6 Å². The number of furan rings is 1. The Morgan fingerprint density at radius 3 is 2.77 bits per heavy atom. The number of thiazole rings is 1. The highest BCUT2D eigenvalue weighted by molar-refractivity contribution is 7.09. The fourth-order valence-corrected chi connectivity index (χ4v) is 2.46. The van der Waals surface area contributed by atoms with Gasteiger partial charge in [-0.05, 0) is 18.6 Å². The highest BCUT2D eigenvalue weighted by Crippen LogP contribution is 2.33. The molecule has 2 amide bonds. The topological polar surface area (TPSA) is 58.4 Å². The first-order valence-corrected chi connectivity index (χ1v) is 7.17. The summed E-state index contributed by atoms with van der Waals surface area (Å²) in [5.74, 6) is 0.524. The summed E-state index contributed by atoms with van der Waals surface area (Å²) in [7, 11) is 1.40. The molecular formula is C13H14F3N3O2S. The van der Waals surface area contributed by atoms with E-state index in [-0.39, 0.29) is 11.6 Å². The number of aryl methyl sites for hydroxylation is 1. The van der Waals surface area contributed by atoms with E-state index in [2.05, 4.69) is 4.98 Å². The Hall–Kier alpha value is -2.03. The lowest BCUT2D eigenvalue weighted by atomic mass is 10.2. The normalized spacial score (nSPS) is 13.0. The Bertz CT molecular complexity index is 625. The number of hydrogen-bond acceptors (Lipinski definition) is 4. The van der Waals surface area contributed by atoms with Crippen molar-refractivity contribution < 1.29 is 22.4 Å². The van der Waals surface area contributed by atoms with Crippen molar-refractivity contribution in [3.05, 3.63) is 40.2 Å². The number of amides is 2. The molecule has 1 unspecified atom stereocenters. The fraction of sp³-hybridized carbons (Fsp3) is 0.385. The smallest absolute Gasteiger partial charge is 0.415 e. The van der Waals surface area contributed by atoms with Crippen LogP contribution in [0, 0.1) is 6.92 Å². The van der Waals surface area contributed by atoms with Crippen LogP contribution in [0.4, 0.5) is 18.0 Å². The van der Waals surface area contributed by atoms with E-state index in [9.17, 15) is 18.0 Å². The number of rotatable bonds is 4. The lowest BCUT2D eigenvalue weighted by Gasteiger charge is -2.23. The highest BCUT2D eigenvalue weighted by atomic mass is 32.1. The molecule has 5 nitrogen and oxygen atoms in total. The molecule has 0 aromatic carbocycles. The van der Waals surface area contributed by atoms with Gasteiger partial charge >= 0.3 is 12.2 Å². The third kappa shape index (κ3) is 3.79. The second-order valence-corrected chi connectivity index (χ2v) is 5.60. The second kappa shape index (κ2) is 6.39. The van der Waals surface area contributed by atoms with E-state index in [0.29, 0.717) is 5.76 Å². The molecule has 0 aliphatic heterocycles. The van der Waals surface area contributed by atoms with E-state index >= 15 is 0 Å². The minimum Gasteiger partial charge on any atom is -0.467 e. The molecule has 1 N–H and O–H groups in total. The molecule has 0 saturated heterocycles. The van der Waals surface area contributed by atoms with Crippen molar-refractivity contribution in [3.8, 4) is 0 Å². The van der Waals surface area contributed by atoms with E-state index < -0.39 is 18.2 Å². The number of carbonyl (C=O) groups excluding carboxylic acids is 1. The number of hydrogen-bond donors (Lipinski definition) is 1. The molecule has 0 fully saturated rings. The molecular weight excluding hydrogens is 319 g/mol. The van der Waals surface area contributed by atoms with Gasteiger partial charge in [0.15, 0.2) is 6.04 Å². The van der Waals surface area contributed by atoms with Crippen LogP contribution in [0.2, 0.25) is 0 Å². The van der Waals surface area contributed by atoms with Crippen LogP contribution in [0.5, 0.6) is 0 Å². The van der Waals surface area contributed by atoms with Crippen molar-refractivity contribution in [1.82, 2.24) is 15.2 Å². The zero-order valence-electron chi connectivity index (χ0n) is 11.8. The van der Waals surface area contributed by atoms with Gasteiger partial charge in [-0.25, -0.2) is 9.78 Å². The number of nitrogens with one attached hydrogen (secondary N) is 1. The first-order chi connectivity index (χ1) is 10.3. The van der Waals surface area contributed by atoms with Gasteiger partial charge in [-0.1, -0.05) is 0 Å². The SMILES string of the molecule is Cc1ccoc1CN(C)C(=O)NC(c1nccs1)C(F)(F)F. The number of alkyl halides is 3. The molecule has 0 aliphatic carbocycles. The van der Waals surface area contributed by atoms with Crippen molar-refractivity contribution in [2.75, 3.05) is 7.05 Å². The van der Waals surface area contributed by atoms with Crippen molar-refractivity contribution in [2.45, 2.75) is 25.7 Å². The molecule has 2 heterocycles. The van der Waals surface area contributed by atoms with Gasteiger partial charge in [0.05, 0.1) is 12.8 Å². The first kappa shape index (κ1) is 16.3. The standard InChI is InChI=1S/C13H14F3N3O2S/c1-8-3-5-21-9(8)7-19(2)12(20)18-10(13(14,15)16)11-17-4-6-22-11/h3-6,10H,7H2,1-2H3,(H,18,20). The summed E-state index contributed by atoms with van der Waals surface area (Å²) in [5, 5.41) is 3.18. The van der Waals surface area contributed by atoms with Gasteiger partial charge in [0.1, 0.15) is 10.8 Å². The third-order valence-electron chi connectivity index (χ3n) is 2.99. The first-order valence-electron chi connectivity index (χ1n) is 6.29. The van der Waals surface area contributed by atoms with Crippen molar-refractivity contribution >= 4 is 17.4 Å². The molecule has 0 bridgehead atoms. The predicted octanol–water partition coefficient (Wildman–Crippen LogP) is 3.49. The van der Waals surface area contributed by atoms with Crippen LogP contribution in [0.15, 0.2) is 28.3 Å². The summed E-state index contributed by atoms with van der Waals surface area (Å²) in [4.78, 5) is 16.7. The van der Waals surface area contributed by atoms with Crippen LogP contribution in [0.1, 0.15) is 22.4 Å². The Morgan fingerprint density at radius 2 is 2.27 bits per heavy atom. The third-order valence-corrected chi connectivity index (χ3v) is 3.83. The van der Waals surface area contributed by atoms with Crippen molar-refractivity contribution in [3.63, 3.8) is 0 Å². The van der Waals surface area contributed by atoms with Gasteiger partial charge in [0.25, 0.3) is 0 Å². The molecule has 0 spiro atoms. The van der Waals surface area contributed by atoms with E-state index in [1.165, 1.54) is 24.9 Å². The lowest BCUT2D eigenvalue weighted by Crippen LogP contribution is -2.44. The van der Waals surface area contributed by atoms with Gasteiger partial charge in [-0.15, -0.1) is 11.3 Å². The fourth-order valence-electron chi connectivity index (χ4n) is 1.75. The molecule has 1 atom stereocenters. The van der Waals surface area contributed by atoms with Crippen LogP contribution < -0.4 is 5.32 Å². The molecule has 120 valence electrons. The number of urea groups is 1. The van der Waals surface area contributed by atoms with Gasteiger partial charge < -0.3 is 14.6 Å². The van der Waals surface area contributed by atoms with Gasteiger partial charge in [-0.2, -0.15) is 13.2 Å². The maximum Gasteiger partial charge on any atom is 0.415 e. The van der Waals surface area contributed by atoms with Crippen molar-refractivity contribution in [1.29, 1.82) is 0 Å². The largest absolute Gasteiger partial charge is 0.467 e. The minimum atomic E-state index is -4.62. The zero-order chi connectivity index (χ0) is 16.3. The van der Waals surface area contributed by atoms with E-state index in [0.717, 1.165) is 21.8 Å². The summed E-state index contributed by atoms with van der Waals surface area (Å²) in [6, 6.07) is -1.26. The summed E-state index contributed by atoms with van der Waals surface area (Å²) >= 11 is 0.837. The summed E-state index contributed by atoms with van der Waals surface area (Å²) in [6.07, 6.45) is -1.89. The zero-order valence-corrected chi connectivity index (χ0v) is 12.7. The molecule has 9 heteroatoms. The lowest BCUT2D eigenvalue weighted by molar-refractivity contribution is -0.155. The molecule has 2 rings (SSSR count). The van der Waals surface area contributed by atoms with Crippen LogP contribution in [0.25, 0.3) is 0 Å². The number of nitrogens with zero attached hydrogens (tertiary/aromatic N) is 2. The minimum absolute atomic E-state index is 0.0765. The summed E-state index contributed by atoms with van der Waals surface area (Å²) in [5.41, 5.74) is 0.826. The monoisotopic (exact) mass is 333 g/mol. The van der Waals surface area contributed by atoms with E-state index in [4.69, 9.17) is 4.42 Å². The second-order valence-electron chi connectivity index (χ2n) is 4.68. The van der Waals surface area contributed by atoms with Gasteiger partial charge in [0.2, 0.25) is 0 Å². The number of aromatic nitrogens is 1. The number of carbonyl (C=O) groups is 1. The summed E-state index contributed by atoms with van der Waals surface area (Å²) in [6.45, 7) is 1.87. The quantitative estimate of drug-likeness (QED) is 0.932. The van der Waals surface area contributed by atoms with Crippen LogP contribution in [-0.2, 0) is 6.54 Å².